The predicted octanol–water partition coefficient (Wildman–Crippen LogP) is 1.10. The maximum absolute atomic E-state index is 11.9. The van der Waals surface area contributed by atoms with Crippen molar-refractivity contribution >= 4 is 17.6 Å². The lowest BCUT2D eigenvalue weighted by molar-refractivity contribution is -0.384. The van der Waals surface area contributed by atoms with Gasteiger partial charge >= 0.3 is 5.97 Å². The number of aromatic nitrogens is 1. The van der Waals surface area contributed by atoms with Crippen LogP contribution in [0.3, 0.4) is 0 Å². The zero-order valence-electron chi connectivity index (χ0n) is 11.4. The molecule has 8 heteroatoms. The molecule has 0 saturated heterocycles. The van der Waals surface area contributed by atoms with Crippen LogP contribution in [0.15, 0.2) is 12.3 Å². The van der Waals surface area contributed by atoms with Crippen LogP contribution in [-0.2, 0) is 16.1 Å². The van der Waals surface area contributed by atoms with E-state index in [-0.39, 0.29) is 31.0 Å². The third-order valence-electron chi connectivity index (χ3n) is 2.59. The summed E-state index contributed by atoms with van der Waals surface area (Å²) in [6, 6.07) is 1.21. The molecule has 1 amide bonds. The number of rotatable bonds is 7. The van der Waals surface area contributed by atoms with Gasteiger partial charge in [-0.25, -0.2) is 0 Å². The highest BCUT2D eigenvalue weighted by molar-refractivity contribution is 5.93. The van der Waals surface area contributed by atoms with Crippen molar-refractivity contribution in [3.8, 4) is 0 Å². The zero-order chi connectivity index (χ0) is 15.1. The molecular weight excluding hydrogens is 266 g/mol. The van der Waals surface area contributed by atoms with E-state index in [1.54, 1.807) is 13.8 Å². The second-order valence-corrected chi connectivity index (χ2v) is 3.94. The van der Waals surface area contributed by atoms with Gasteiger partial charge in [0.15, 0.2) is 0 Å². The largest absolute Gasteiger partial charge is 0.466 e. The first kappa shape index (κ1) is 15.7. The third-order valence-corrected chi connectivity index (χ3v) is 2.59. The minimum Gasteiger partial charge on any atom is -0.466 e. The minimum atomic E-state index is -0.554. The molecule has 0 aliphatic heterocycles. The van der Waals surface area contributed by atoms with Crippen LogP contribution in [-0.4, -0.2) is 34.5 Å². The van der Waals surface area contributed by atoms with E-state index in [0.29, 0.717) is 6.54 Å². The molecule has 20 heavy (non-hydrogen) atoms. The van der Waals surface area contributed by atoms with Crippen LogP contribution in [0.5, 0.6) is 0 Å². The van der Waals surface area contributed by atoms with E-state index in [9.17, 15) is 19.7 Å². The average Bonchev–Trinajstić information content (AvgIpc) is 2.83. The lowest BCUT2D eigenvalue weighted by atomic mass is 10.3. The van der Waals surface area contributed by atoms with Crippen LogP contribution in [0, 0.1) is 10.1 Å². The Bertz CT molecular complexity index is 509. The minimum absolute atomic E-state index is 0.0640. The summed E-state index contributed by atoms with van der Waals surface area (Å²) in [4.78, 5) is 33.1. The number of carbonyl (C=O) groups is 2. The van der Waals surface area contributed by atoms with Crippen molar-refractivity contribution < 1.29 is 19.2 Å². The summed E-state index contributed by atoms with van der Waals surface area (Å²) in [5.74, 6) is -0.853. The molecule has 0 bridgehead atoms. The molecule has 0 spiro atoms. The second-order valence-electron chi connectivity index (χ2n) is 3.94. The molecule has 1 rings (SSSR count). The third kappa shape index (κ3) is 4.08. The van der Waals surface area contributed by atoms with Crippen molar-refractivity contribution in [1.29, 1.82) is 0 Å². The van der Waals surface area contributed by atoms with Gasteiger partial charge in [-0.3, -0.25) is 19.7 Å². The summed E-state index contributed by atoms with van der Waals surface area (Å²) in [6.45, 7) is 4.33. The Morgan fingerprint density at radius 3 is 2.70 bits per heavy atom. The molecule has 0 aromatic carbocycles. The number of ether oxygens (including phenoxy) is 1. The van der Waals surface area contributed by atoms with Crippen LogP contribution < -0.4 is 5.32 Å². The summed E-state index contributed by atoms with van der Waals surface area (Å²) in [7, 11) is 0. The SMILES string of the molecule is CCOC(=O)CCNC(=O)c1cc([N+](=O)[O-])cn1CC. The van der Waals surface area contributed by atoms with Crippen molar-refractivity contribution in [2.45, 2.75) is 26.8 Å². The first-order valence-electron chi connectivity index (χ1n) is 6.28. The molecule has 1 heterocycles. The molecule has 8 nitrogen and oxygen atoms in total. The molecule has 1 N–H and O–H groups in total. The predicted molar refractivity (Wildman–Crippen MR) is 70.3 cm³/mol. The number of hydrogen-bond acceptors (Lipinski definition) is 5. The molecule has 0 aliphatic rings. The standard InChI is InChI=1S/C12H17N3O5/c1-3-14-8-9(15(18)19)7-10(14)12(17)13-6-5-11(16)20-4-2/h7-8H,3-6H2,1-2H3,(H,13,17). The number of esters is 1. The Morgan fingerprint density at radius 1 is 1.45 bits per heavy atom. The van der Waals surface area contributed by atoms with Gasteiger partial charge in [-0.05, 0) is 13.8 Å². The quantitative estimate of drug-likeness (QED) is 0.458. The molecule has 0 saturated carbocycles. The van der Waals surface area contributed by atoms with Crippen molar-refractivity contribution in [1.82, 2.24) is 9.88 Å². The van der Waals surface area contributed by atoms with Gasteiger partial charge in [-0.2, -0.15) is 0 Å². The van der Waals surface area contributed by atoms with Crippen molar-refractivity contribution in [3.63, 3.8) is 0 Å². The number of nitro groups is 1. The van der Waals surface area contributed by atoms with Crippen molar-refractivity contribution in [2.24, 2.45) is 0 Å². The summed E-state index contributed by atoms with van der Waals surface area (Å²) >= 11 is 0. The lowest BCUT2D eigenvalue weighted by Crippen LogP contribution is -2.28. The van der Waals surface area contributed by atoms with Crippen LogP contribution in [0.1, 0.15) is 30.8 Å². The van der Waals surface area contributed by atoms with Gasteiger partial charge in [0.1, 0.15) is 5.69 Å². The van der Waals surface area contributed by atoms with Gasteiger partial charge in [-0.1, -0.05) is 0 Å². The van der Waals surface area contributed by atoms with Gasteiger partial charge in [-0.15, -0.1) is 0 Å². The normalized spacial score (nSPS) is 10.1. The van der Waals surface area contributed by atoms with Crippen molar-refractivity contribution in [3.05, 3.63) is 28.1 Å². The van der Waals surface area contributed by atoms with Gasteiger partial charge < -0.3 is 14.6 Å². The number of hydrogen-bond donors (Lipinski definition) is 1. The van der Waals surface area contributed by atoms with Gasteiger partial charge in [0.2, 0.25) is 0 Å². The van der Waals surface area contributed by atoms with E-state index in [1.807, 2.05) is 0 Å². The molecule has 0 fully saturated rings. The van der Waals surface area contributed by atoms with E-state index in [4.69, 9.17) is 4.74 Å². The highest BCUT2D eigenvalue weighted by atomic mass is 16.6. The van der Waals surface area contributed by atoms with E-state index < -0.39 is 16.8 Å². The number of amides is 1. The Balaban J connectivity index is 2.63. The molecule has 110 valence electrons. The Kier molecular flexibility index (Phi) is 5.70. The Labute approximate surface area is 115 Å². The molecule has 1 aromatic rings. The zero-order valence-corrected chi connectivity index (χ0v) is 11.4. The maximum atomic E-state index is 11.9. The Hall–Kier alpha value is -2.38. The number of nitrogens with zero attached hydrogens (tertiary/aromatic N) is 2. The maximum Gasteiger partial charge on any atom is 0.307 e. The molecule has 0 atom stereocenters. The molecule has 0 radical (unpaired) electrons. The van der Waals surface area contributed by atoms with E-state index in [2.05, 4.69) is 5.32 Å². The van der Waals surface area contributed by atoms with Gasteiger partial charge in [0.05, 0.1) is 24.1 Å². The highest BCUT2D eigenvalue weighted by Gasteiger charge is 2.18. The lowest BCUT2D eigenvalue weighted by Gasteiger charge is -2.06. The van der Waals surface area contributed by atoms with Gasteiger partial charge in [0.25, 0.3) is 11.6 Å². The summed E-state index contributed by atoms with van der Waals surface area (Å²) in [6.07, 6.45) is 1.37. The Morgan fingerprint density at radius 2 is 2.15 bits per heavy atom. The number of carbonyl (C=O) groups excluding carboxylic acids is 2. The summed E-state index contributed by atoms with van der Waals surface area (Å²) in [5.41, 5.74) is 0.0606. The second kappa shape index (κ2) is 7.27. The topological polar surface area (TPSA) is 103 Å². The summed E-state index contributed by atoms with van der Waals surface area (Å²) in [5, 5.41) is 13.2. The number of nitrogens with one attached hydrogen (secondary N) is 1. The summed E-state index contributed by atoms with van der Waals surface area (Å²) < 4.78 is 6.21. The molecule has 0 unspecified atom stereocenters. The molecule has 0 aliphatic carbocycles. The van der Waals surface area contributed by atoms with Crippen LogP contribution in [0.2, 0.25) is 0 Å². The van der Waals surface area contributed by atoms with E-state index in [1.165, 1.54) is 16.8 Å². The van der Waals surface area contributed by atoms with Crippen LogP contribution in [0.25, 0.3) is 0 Å². The van der Waals surface area contributed by atoms with E-state index in [0.717, 1.165) is 0 Å². The highest BCUT2D eigenvalue weighted by Crippen LogP contribution is 2.16. The smallest absolute Gasteiger partial charge is 0.307 e. The first-order chi connectivity index (χ1) is 9.49. The monoisotopic (exact) mass is 283 g/mol. The molecule has 1 aromatic heterocycles. The number of aryl methyl sites for hydroxylation is 1. The van der Waals surface area contributed by atoms with Crippen molar-refractivity contribution in [2.75, 3.05) is 13.2 Å². The van der Waals surface area contributed by atoms with Crippen LogP contribution >= 0.6 is 0 Å². The average molecular weight is 283 g/mol. The first-order valence-corrected chi connectivity index (χ1v) is 6.28. The molecular formula is C12H17N3O5. The van der Waals surface area contributed by atoms with Gasteiger partial charge in [0, 0.05) is 19.2 Å². The fourth-order valence-electron chi connectivity index (χ4n) is 1.65. The fraction of sp³-hybridized carbons (Fsp3) is 0.500. The van der Waals surface area contributed by atoms with E-state index >= 15 is 0 Å². The fourth-order valence-corrected chi connectivity index (χ4v) is 1.65. The van der Waals surface area contributed by atoms with Crippen LogP contribution in [0.4, 0.5) is 5.69 Å².